The molecule has 4 nitrogen and oxygen atoms in total. The molecule has 5 heteroatoms. The number of aliphatic hydroxyl groups is 1. The van der Waals surface area contributed by atoms with Crippen molar-refractivity contribution in [2.24, 2.45) is 0 Å². The van der Waals surface area contributed by atoms with Crippen LogP contribution in [0.1, 0.15) is 39.2 Å². The van der Waals surface area contributed by atoms with E-state index in [1.165, 1.54) is 11.3 Å². The molecular weight excluding hydrogens is 262 g/mol. The number of rotatable bonds is 8. The second kappa shape index (κ2) is 7.62. The van der Waals surface area contributed by atoms with Gasteiger partial charge in [0.15, 0.2) is 0 Å². The van der Waals surface area contributed by atoms with Gasteiger partial charge in [-0.3, -0.25) is 4.79 Å². The summed E-state index contributed by atoms with van der Waals surface area (Å²) in [5.74, 6) is -0.188. The molecule has 2 atom stereocenters. The number of unbranched alkanes of at least 4 members (excludes halogenated alkanes) is 1. The van der Waals surface area contributed by atoms with Crippen LogP contribution in [0.4, 0.5) is 0 Å². The van der Waals surface area contributed by atoms with E-state index in [-0.39, 0.29) is 12.5 Å². The summed E-state index contributed by atoms with van der Waals surface area (Å²) >= 11 is 1.52. The average molecular weight is 285 g/mol. The smallest absolute Gasteiger partial charge is 0.248 e. The minimum Gasteiger partial charge on any atom is -0.384 e. The highest BCUT2D eigenvalue weighted by molar-refractivity contribution is 7.08. The van der Waals surface area contributed by atoms with Gasteiger partial charge in [-0.1, -0.05) is 13.3 Å². The van der Waals surface area contributed by atoms with E-state index in [9.17, 15) is 9.90 Å². The van der Waals surface area contributed by atoms with Crippen molar-refractivity contribution in [1.82, 2.24) is 5.32 Å². The van der Waals surface area contributed by atoms with E-state index in [0.29, 0.717) is 6.61 Å². The zero-order valence-electron chi connectivity index (χ0n) is 11.8. The Hall–Kier alpha value is -0.910. The first-order valence-corrected chi connectivity index (χ1v) is 7.56. The number of nitrogens with one attached hydrogen (secondary N) is 1. The first-order chi connectivity index (χ1) is 8.97. The molecule has 1 heterocycles. The zero-order chi connectivity index (χ0) is 14.3. The number of amides is 1. The summed E-state index contributed by atoms with van der Waals surface area (Å²) < 4.78 is 5.41. The fraction of sp³-hybridized carbons (Fsp3) is 0.643. The third-order valence-corrected chi connectivity index (χ3v) is 3.67. The Morgan fingerprint density at radius 3 is 2.95 bits per heavy atom. The molecule has 0 spiro atoms. The van der Waals surface area contributed by atoms with Crippen molar-refractivity contribution in [3.05, 3.63) is 22.4 Å². The van der Waals surface area contributed by atoms with E-state index < -0.39 is 11.7 Å². The Bertz CT molecular complexity index is 376. The second-order valence-electron chi connectivity index (χ2n) is 4.87. The standard InChI is InChI=1S/C14H23NO3S/c1-4-5-7-18-11(2)13(16)15-10-14(3,17)12-6-8-19-9-12/h6,8-9,11,17H,4-5,7,10H2,1-3H3,(H,15,16). The summed E-state index contributed by atoms with van der Waals surface area (Å²) in [5, 5.41) is 16.8. The summed E-state index contributed by atoms with van der Waals surface area (Å²) in [6, 6.07) is 1.86. The van der Waals surface area contributed by atoms with Crippen LogP contribution in [0.25, 0.3) is 0 Å². The third kappa shape index (κ3) is 5.30. The van der Waals surface area contributed by atoms with Crippen molar-refractivity contribution in [2.75, 3.05) is 13.2 Å². The van der Waals surface area contributed by atoms with Crippen LogP contribution >= 0.6 is 11.3 Å². The summed E-state index contributed by atoms with van der Waals surface area (Å²) in [7, 11) is 0. The largest absolute Gasteiger partial charge is 0.384 e. The minimum atomic E-state index is -1.04. The van der Waals surface area contributed by atoms with Crippen molar-refractivity contribution in [2.45, 2.75) is 45.3 Å². The van der Waals surface area contributed by atoms with Gasteiger partial charge in [-0.25, -0.2) is 0 Å². The maximum atomic E-state index is 11.8. The van der Waals surface area contributed by atoms with Gasteiger partial charge in [0.05, 0.1) is 6.54 Å². The minimum absolute atomic E-state index is 0.185. The quantitative estimate of drug-likeness (QED) is 0.720. The van der Waals surface area contributed by atoms with E-state index in [4.69, 9.17) is 4.74 Å². The van der Waals surface area contributed by atoms with Gasteiger partial charge in [0.2, 0.25) is 5.91 Å². The number of hydrogen-bond acceptors (Lipinski definition) is 4. The molecule has 0 aliphatic carbocycles. The van der Waals surface area contributed by atoms with Gasteiger partial charge >= 0.3 is 0 Å². The monoisotopic (exact) mass is 285 g/mol. The Balaban J connectivity index is 2.37. The molecule has 19 heavy (non-hydrogen) atoms. The van der Waals surface area contributed by atoms with Gasteiger partial charge in [0, 0.05) is 6.61 Å². The van der Waals surface area contributed by atoms with Crippen LogP contribution in [0.15, 0.2) is 16.8 Å². The molecule has 1 amide bonds. The van der Waals surface area contributed by atoms with Crippen molar-refractivity contribution in [1.29, 1.82) is 0 Å². The van der Waals surface area contributed by atoms with E-state index in [0.717, 1.165) is 18.4 Å². The molecular formula is C14H23NO3S. The molecule has 0 fully saturated rings. The van der Waals surface area contributed by atoms with Gasteiger partial charge in [-0.15, -0.1) is 0 Å². The van der Waals surface area contributed by atoms with E-state index in [1.807, 2.05) is 16.8 Å². The Labute approximate surface area is 118 Å². The molecule has 0 bridgehead atoms. The molecule has 1 aromatic heterocycles. The van der Waals surface area contributed by atoms with Crippen molar-refractivity contribution in [3.8, 4) is 0 Å². The molecule has 0 saturated carbocycles. The third-order valence-electron chi connectivity index (χ3n) is 2.98. The maximum absolute atomic E-state index is 11.8. The highest BCUT2D eigenvalue weighted by Gasteiger charge is 2.25. The van der Waals surface area contributed by atoms with E-state index in [2.05, 4.69) is 12.2 Å². The summed E-state index contributed by atoms with van der Waals surface area (Å²) in [6.45, 7) is 6.27. The lowest BCUT2D eigenvalue weighted by Crippen LogP contribution is -2.42. The van der Waals surface area contributed by atoms with Gasteiger partial charge in [0.1, 0.15) is 11.7 Å². The fourth-order valence-corrected chi connectivity index (χ4v) is 2.34. The summed E-state index contributed by atoms with van der Waals surface area (Å²) in [5.41, 5.74) is -0.226. The predicted octanol–water partition coefficient (Wildman–Crippen LogP) is 2.28. The number of hydrogen-bond donors (Lipinski definition) is 2. The molecule has 1 aromatic rings. The molecule has 0 radical (unpaired) electrons. The fourth-order valence-electron chi connectivity index (χ4n) is 1.56. The Morgan fingerprint density at radius 2 is 2.37 bits per heavy atom. The number of carbonyl (C=O) groups is 1. The van der Waals surface area contributed by atoms with Crippen LogP contribution in [0, 0.1) is 0 Å². The van der Waals surface area contributed by atoms with Gasteiger partial charge in [-0.05, 0) is 42.7 Å². The van der Waals surface area contributed by atoms with Crippen LogP contribution in [0.2, 0.25) is 0 Å². The number of carbonyl (C=O) groups excluding carboxylic acids is 1. The lowest BCUT2D eigenvalue weighted by molar-refractivity contribution is -0.133. The zero-order valence-corrected chi connectivity index (χ0v) is 12.6. The van der Waals surface area contributed by atoms with E-state index >= 15 is 0 Å². The highest BCUT2D eigenvalue weighted by Crippen LogP contribution is 2.21. The highest BCUT2D eigenvalue weighted by atomic mass is 32.1. The first kappa shape index (κ1) is 16.1. The van der Waals surface area contributed by atoms with Crippen LogP contribution in [0.3, 0.4) is 0 Å². The summed E-state index contributed by atoms with van der Waals surface area (Å²) in [4.78, 5) is 11.8. The Kier molecular flexibility index (Phi) is 6.48. The molecule has 0 aliphatic heterocycles. The Morgan fingerprint density at radius 1 is 1.63 bits per heavy atom. The normalized spacial score (nSPS) is 15.8. The molecule has 0 saturated heterocycles. The molecule has 1 rings (SSSR count). The van der Waals surface area contributed by atoms with Crippen molar-refractivity contribution >= 4 is 17.2 Å². The van der Waals surface area contributed by atoms with Gasteiger partial charge < -0.3 is 15.2 Å². The molecule has 0 aromatic carbocycles. The lowest BCUT2D eigenvalue weighted by atomic mass is 9.99. The summed E-state index contributed by atoms with van der Waals surface area (Å²) in [6.07, 6.45) is 1.51. The number of thiophene rings is 1. The van der Waals surface area contributed by atoms with Crippen LogP contribution in [-0.4, -0.2) is 30.3 Å². The molecule has 2 N–H and O–H groups in total. The van der Waals surface area contributed by atoms with Crippen LogP contribution in [0.5, 0.6) is 0 Å². The van der Waals surface area contributed by atoms with Crippen LogP contribution < -0.4 is 5.32 Å². The molecule has 0 aliphatic rings. The first-order valence-electron chi connectivity index (χ1n) is 6.61. The predicted molar refractivity (Wildman–Crippen MR) is 77.2 cm³/mol. The molecule has 2 unspecified atom stereocenters. The van der Waals surface area contributed by atoms with Crippen molar-refractivity contribution in [3.63, 3.8) is 0 Å². The van der Waals surface area contributed by atoms with Crippen LogP contribution in [-0.2, 0) is 15.1 Å². The number of ether oxygens (including phenoxy) is 1. The maximum Gasteiger partial charge on any atom is 0.248 e. The van der Waals surface area contributed by atoms with Gasteiger partial charge in [-0.2, -0.15) is 11.3 Å². The molecule has 108 valence electrons. The van der Waals surface area contributed by atoms with E-state index in [1.54, 1.807) is 13.8 Å². The second-order valence-corrected chi connectivity index (χ2v) is 5.65. The SMILES string of the molecule is CCCCOC(C)C(=O)NCC(C)(O)c1ccsc1. The average Bonchev–Trinajstić information content (AvgIpc) is 2.90. The lowest BCUT2D eigenvalue weighted by Gasteiger charge is -2.24. The topological polar surface area (TPSA) is 58.6 Å². The van der Waals surface area contributed by atoms with Gasteiger partial charge in [0.25, 0.3) is 0 Å². The van der Waals surface area contributed by atoms with Crippen molar-refractivity contribution < 1.29 is 14.6 Å².